The van der Waals surface area contributed by atoms with Gasteiger partial charge < -0.3 is 0 Å². The molecule has 3 heteroatoms. The third-order valence-electron chi connectivity index (χ3n) is 1.14. The van der Waals surface area contributed by atoms with Crippen LogP contribution < -0.4 is 0 Å². The normalized spacial score (nSPS) is 22.1. The lowest BCUT2D eigenvalue weighted by atomic mass is 10.1. The molecule has 0 amide bonds. The highest BCUT2D eigenvalue weighted by Gasteiger charge is 2.13. The van der Waals surface area contributed by atoms with Crippen molar-refractivity contribution in [3.63, 3.8) is 0 Å². The van der Waals surface area contributed by atoms with Crippen molar-refractivity contribution >= 4 is 6.21 Å². The minimum atomic E-state index is -0.242. The average Bonchev–Trinajstić information content (AvgIpc) is 1.94. The first-order chi connectivity index (χ1) is 4.60. The van der Waals surface area contributed by atoms with E-state index in [0.717, 1.165) is 5.70 Å². The van der Waals surface area contributed by atoms with E-state index >= 15 is 0 Å². The molecule has 1 aliphatic rings. The maximum Gasteiger partial charge on any atom is 0.111 e. The molecule has 0 bridgehead atoms. The van der Waals surface area contributed by atoms with Crippen molar-refractivity contribution in [1.29, 1.82) is 0 Å². The Labute approximate surface area is 60.6 Å². The summed E-state index contributed by atoms with van der Waals surface area (Å²) < 4.78 is 0. The van der Waals surface area contributed by atoms with Gasteiger partial charge in [-0.3, -0.25) is 4.99 Å². The quantitative estimate of drug-likeness (QED) is 0.490. The van der Waals surface area contributed by atoms with Crippen LogP contribution in [0.1, 0.15) is 20.8 Å². The number of aliphatic imine (C=N–C) groups is 1. The Morgan fingerprint density at radius 3 is 2.80 bits per heavy atom. The first-order valence-electron chi connectivity index (χ1n) is 3.24. The molecule has 0 fully saturated rings. The first kappa shape index (κ1) is 7.12. The van der Waals surface area contributed by atoms with Gasteiger partial charge in [-0.1, -0.05) is 0 Å². The van der Waals surface area contributed by atoms with Gasteiger partial charge in [-0.05, 0) is 20.8 Å². The average molecular weight is 137 g/mol. The summed E-state index contributed by atoms with van der Waals surface area (Å²) in [5.41, 5.74) is 0.656. The highest BCUT2D eigenvalue weighted by Crippen LogP contribution is 2.11. The van der Waals surface area contributed by atoms with Crippen molar-refractivity contribution in [3.8, 4) is 0 Å². The van der Waals surface area contributed by atoms with Crippen molar-refractivity contribution in [2.24, 2.45) is 15.2 Å². The van der Waals surface area contributed by atoms with Crippen LogP contribution in [0.4, 0.5) is 0 Å². The van der Waals surface area contributed by atoms with Crippen LogP contribution in [0.25, 0.3) is 0 Å². The Kier molecular flexibility index (Phi) is 1.66. The maximum atomic E-state index is 4.12. The second-order valence-corrected chi connectivity index (χ2v) is 2.90. The lowest BCUT2D eigenvalue weighted by Gasteiger charge is -2.07. The number of rotatable bonds is 0. The van der Waals surface area contributed by atoms with Crippen LogP contribution in [0.3, 0.4) is 0 Å². The summed E-state index contributed by atoms with van der Waals surface area (Å²) in [7, 11) is 0. The number of nitrogens with zero attached hydrogens (tertiary/aromatic N) is 3. The minimum absolute atomic E-state index is 0.242. The van der Waals surface area contributed by atoms with E-state index in [4.69, 9.17) is 0 Å². The lowest BCUT2D eigenvalue weighted by molar-refractivity contribution is 0.676. The molecule has 54 valence electrons. The van der Waals surface area contributed by atoms with E-state index in [1.165, 1.54) is 0 Å². The Bertz CT molecular complexity index is 211. The largest absolute Gasteiger partial charge is 0.262 e. The third kappa shape index (κ3) is 1.76. The second kappa shape index (κ2) is 2.33. The van der Waals surface area contributed by atoms with Crippen molar-refractivity contribution < 1.29 is 0 Å². The van der Waals surface area contributed by atoms with Gasteiger partial charge in [0.15, 0.2) is 0 Å². The van der Waals surface area contributed by atoms with E-state index < -0.39 is 0 Å². The fraction of sp³-hybridized carbons (Fsp3) is 0.571. The molecule has 0 aliphatic carbocycles. The van der Waals surface area contributed by atoms with Gasteiger partial charge in [-0.15, -0.1) is 0 Å². The smallest absolute Gasteiger partial charge is 0.111 e. The molecule has 0 saturated heterocycles. The second-order valence-electron chi connectivity index (χ2n) is 2.90. The Hall–Kier alpha value is -0.990. The molecule has 0 saturated carbocycles. The Balaban J connectivity index is 2.88. The highest BCUT2D eigenvalue weighted by atomic mass is 15.1. The third-order valence-corrected chi connectivity index (χ3v) is 1.14. The number of azo groups is 1. The lowest BCUT2D eigenvalue weighted by Crippen LogP contribution is -2.16. The fourth-order valence-electron chi connectivity index (χ4n) is 0.580. The van der Waals surface area contributed by atoms with E-state index in [1.807, 2.05) is 20.8 Å². The molecule has 0 aromatic rings. The fourth-order valence-corrected chi connectivity index (χ4v) is 0.580. The number of allylic oxidation sites excluding steroid dienone is 1. The Morgan fingerprint density at radius 2 is 2.10 bits per heavy atom. The molecule has 10 heavy (non-hydrogen) atoms. The summed E-state index contributed by atoms with van der Waals surface area (Å²) in [5.74, 6) is 0. The van der Waals surface area contributed by atoms with Gasteiger partial charge in [0, 0.05) is 6.21 Å². The van der Waals surface area contributed by atoms with E-state index in [9.17, 15) is 0 Å². The van der Waals surface area contributed by atoms with E-state index in [1.54, 1.807) is 12.4 Å². The van der Waals surface area contributed by atoms with E-state index in [2.05, 4.69) is 15.2 Å². The van der Waals surface area contributed by atoms with E-state index in [-0.39, 0.29) is 5.54 Å². The van der Waals surface area contributed by atoms with Crippen molar-refractivity contribution in [2.45, 2.75) is 26.3 Å². The summed E-state index contributed by atoms with van der Waals surface area (Å²) in [6.45, 7) is 5.83. The van der Waals surface area contributed by atoms with Crippen LogP contribution in [0.15, 0.2) is 27.1 Å². The Morgan fingerprint density at radius 1 is 1.40 bits per heavy atom. The van der Waals surface area contributed by atoms with Gasteiger partial charge in [0.1, 0.15) is 5.54 Å². The minimum Gasteiger partial charge on any atom is -0.262 e. The van der Waals surface area contributed by atoms with Gasteiger partial charge in [0.2, 0.25) is 0 Å². The zero-order chi connectivity index (χ0) is 7.61. The number of hydrogen-bond acceptors (Lipinski definition) is 3. The summed E-state index contributed by atoms with van der Waals surface area (Å²) >= 11 is 0. The molecule has 0 N–H and O–H groups in total. The summed E-state index contributed by atoms with van der Waals surface area (Å²) in [6, 6.07) is 0. The molecule has 1 rings (SSSR count). The van der Waals surface area contributed by atoms with Crippen molar-refractivity contribution in [2.75, 3.05) is 0 Å². The molecule has 0 spiro atoms. The predicted molar refractivity (Wildman–Crippen MR) is 41.2 cm³/mol. The molecule has 0 atom stereocenters. The van der Waals surface area contributed by atoms with Crippen LogP contribution in [0.2, 0.25) is 0 Å². The van der Waals surface area contributed by atoms with Crippen LogP contribution >= 0.6 is 0 Å². The van der Waals surface area contributed by atoms with Gasteiger partial charge in [-0.2, -0.15) is 10.2 Å². The van der Waals surface area contributed by atoms with E-state index in [0.29, 0.717) is 0 Å². The molecule has 1 heterocycles. The maximum absolute atomic E-state index is 4.12. The summed E-state index contributed by atoms with van der Waals surface area (Å²) in [4.78, 5) is 4.12. The molecular formula is C7H11N3. The van der Waals surface area contributed by atoms with Gasteiger partial charge in [-0.25, -0.2) is 0 Å². The SMILES string of the molecule is CC1=CN=NC(C)(C)C=N1. The van der Waals surface area contributed by atoms with Crippen molar-refractivity contribution in [1.82, 2.24) is 0 Å². The van der Waals surface area contributed by atoms with Crippen LogP contribution in [0.5, 0.6) is 0 Å². The first-order valence-corrected chi connectivity index (χ1v) is 3.24. The molecule has 0 radical (unpaired) electrons. The van der Waals surface area contributed by atoms with Gasteiger partial charge >= 0.3 is 0 Å². The van der Waals surface area contributed by atoms with Gasteiger partial charge in [0.05, 0.1) is 11.9 Å². The van der Waals surface area contributed by atoms with Crippen LogP contribution in [-0.4, -0.2) is 11.8 Å². The van der Waals surface area contributed by atoms with Crippen molar-refractivity contribution in [3.05, 3.63) is 11.9 Å². The summed E-state index contributed by atoms with van der Waals surface area (Å²) in [5, 5.41) is 7.85. The molecule has 0 aromatic heterocycles. The van der Waals surface area contributed by atoms with Gasteiger partial charge in [0.25, 0.3) is 0 Å². The predicted octanol–water partition coefficient (Wildman–Crippen LogP) is 2.16. The molecule has 1 aliphatic heterocycles. The zero-order valence-electron chi connectivity index (χ0n) is 6.50. The van der Waals surface area contributed by atoms with Crippen LogP contribution in [-0.2, 0) is 0 Å². The topological polar surface area (TPSA) is 37.1 Å². The molecular weight excluding hydrogens is 126 g/mol. The summed E-state index contributed by atoms with van der Waals surface area (Å²) in [6.07, 6.45) is 3.46. The zero-order valence-corrected chi connectivity index (χ0v) is 6.50. The highest BCUT2D eigenvalue weighted by molar-refractivity contribution is 5.70. The molecule has 0 unspecified atom stereocenters. The molecule has 3 nitrogen and oxygen atoms in total. The van der Waals surface area contributed by atoms with Crippen LogP contribution in [0, 0.1) is 0 Å². The standard InChI is InChI=1S/C7H11N3/c1-6-4-9-10-7(2,3)5-8-6/h4-5H,1-3H3. The molecule has 0 aromatic carbocycles. The monoisotopic (exact) mass is 137 g/mol. The number of hydrogen-bond donors (Lipinski definition) is 0.